The lowest BCUT2D eigenvalue weighted by molar-refractivity contribution is 0.251. The molecular formula is C8H15NO. The van der Waals surface area contributed by atoms with E-state index in [1.807, 2.05) is 6.08 Å². The molecule has 0 bridgehead atoms. The number of rotatable bonds is 3. The monoisotopic (exact) mass is 141 g/mol. The molecule has 0 radical (unpaired) electrons. The molecule has 2 nitrogen and oxygen atoms in total. The second-order valence-electron chi connectivity index (χ2n) is 2.84. The summed E-state index contributed by atoms with van der Waals surface area (Å²) in [5.41, 5.74) is 0. The average Bonchev–Trinajstić information content (AvgIpc) is 2.37. The molecule has 10 heavy (non-hydrogen) atoms. The van der Waals surface area contributed by atoms with Crippen LogP contribution in [-0.4, -0.2) is 23.8 Å². The summed E-state index contributed by atoms with van der Waals surface area (Å²) >= 11 is 0. The summed E-state index contributed by atoms with van der Waals surface area (Å²) in [6.07, 6.45) is 5.24. The highest BCUT2D eigenvalue weighted by Gasteiger charge is 2.20. The normalized spacial score (nSPS) is 32.5. The van der Waals surface area contributed by atoms with E-state index in [1.54, 1.807) is 0 Å². The van der Waals surface area contributed by atoms with Gasteiger partial charge in [0.15, 0.2) is 0 Å². The molecule has 2 atom stereocenters. The van der Waals surface area contributed by atoms with Gasteiger partial charge in [-0.1, -0.05) is 6.08 Å². The number of aliphatic hydroxyl groups excluding tert-OH is 1. The van der Waals surface area contributed by atoms with Crippen molar-refractivity contribution in [3.8, 4) is 0 Å². The Balaban J connectivity index is 2.21. The van der Waals surface area contributed by atoms with Crippen molar-refractivity contribution in [2.45, 2.75) is 31.3 Å². The van der Waals surface area contributed by atoms with E-state index >= 15 is 0 Å². The lowest BCUT2D eigenvalue weighted by atomic mass is 10.1. The van der Waals surface area contributed by atoms with Crippen molar-refractivity contribution >= 4 is 0 Å². The van der Waals surface area contributed by atoms with E-state index in [1.165, 1.54) is 6.42 Å². The standard InChI is InChI=1S/C8H15NO/c1-2-3-7-4-5-8(6-10)9-7/h2,7-10H,1,3-6H2. The summed E-state index contributed by atoms with van der Waals surface area (Å²) in [5.74, 6) is 0. The van der Waals surface area contributed by atoms with Crippen LogP contribution in [-0.2, 0) is 0 Å². The molecule has 1 saturated heterocycles. The molecule has 0 amide bonds. The zero-order chi connectivity index (χ0) is 7.40. The molecule has 0 aromatic rings. The van der Waals surface area contributed by atoms with Crippen molar-refractivity contribution in [3.63, 3.8) is 0 Å². The summed E-state index contributed by atoms with van der Waals surface area (Å²) in [4.78, 5) is 0. The van der Waals surface area contributed by atoms with Gasteiger partial charge < -0.3 is 10.4 Å². The lowest BCUT2D eigenvalue weighted by Crippen LogP contribution is -2.31. The number of aliphatic hydroxyl groups is 1. The van der Waals surface area contributed by atoms with Crippen molar-refractivity contribution < 1.29 is 5.11 Å². The van der Waals surface area contributed by atoms with E-state index in [0.717, 1.165) is 12.8 Å². The molecule has 0 aliphatic carbocycles. The van der Waals surface area contributed by atoms with Crippen LogP contribution in [0.25, 0.3) is 0 Å². The minimum atomic E-state index is 0.271. The largest absolute Gasteiger partial charge is 0.395 e. The fraction of sp³-hybridized carbons (Fsp3) is 0.750. The van der Waals surface area contributed by atoms with Gasteiger partial charge in [-0.05, 0) is 19.3 Å². The van der Waals surface area contributed by atoms with Crippen molar-refractivity contribution in [1.82, 2.24) is 5.32 Å². The topological polar surface area (TPSA) is 32.3 Å². The second-order valence-corrected chi connectivity index (χ2v) is 2.84. The van der Waals surface area contributed by atoms with Crippen molar-refractivity contribution in [3.05, 3.63) is 12.7 Å². The minimum absolute atomic E-state index is 0.271. The number of hydrogen-bond donors (Lipinski definition) is 2. The maximum absolute atomic E-state index is 8.76. The Kier molecular flexibility index (Phi) is 2.90. The van der Waals surface area contributed by atoms with E-state index in [-0.39, 0.29) is 6.61 Å². The van der Waals surface area contributed by atoms with Crippen molar-refractivity contribution in [1.29, 1.82) is 0 Å². The van der Waals surface area contributed by atoms with Crippen LogP contribution in [0.3, 0.4) is 0 Å². The smallest absolute Gasteiger partial charge is 0.0584 e. The molecule has 2 unspecified atom stereocenters. The molecule has 58 valence electrons. The van der Waals surface area contributed by atoms with Crippen molar-refractivity contribution in [2.24, 2.45) is 0 Å². The Morgan fingerprint density at radius 2 is 2.20 bits per heavy atom. The van der Waals surface area contributed by atoms with Gasteiger partial charge >= 0.3 is 0 Å². The van der Waals surface area contributed by atoms with E-state index in [4.69, 9.17) is 5.11 Å². The third-order valence-electron chi connectivity index (χ3n) is 2.01. The summed E-state index contributed by atoms with van der Waals surface area (Å²) < 4.78 is 0. The van der Waals surface area contributed by atoms with Crippen molar-refractivity contribution in [2.75, 3.05) is 6.61 Å². The fourth-order valence-corrected chi connectivity index (χ4v) is 1.43. The molecular weight excluding hydrogens is 126 g/mol. The van der Waals surface area contributed by atoms with Crippen LogP contribution in [0.5, 0.6) is 0 Å². The highest BCUT2D eigenvalue weighted by Crippen LogP contribution is 2.14. The highest BCUT2D eigenvalue weighted by molar-refractivity contribution is 4.87. The first-order chi connectivity index (χ1) is 4.86. The maximum Gasteiger partial charge on any atom is 0.0584 e. The Labute approximate surface area is 61.9 Å². The van der Waals surface area contributed by atoms with Gasteiger partial charge in [0.1, 0.15) is 0 Å². The molecule has 0 aromatic heterocycles. The van der Waals surface area contributed by atoms with E-state index in [2.05, 4.69) is 11.9 Å². The zero-order valence-corrected chi connectivity index (χ0v) is 6.21. The SMILES string of the molecule is C=CCC1CCC(CO)N1. The molecule has 1 rings (SSSR count). The van der Waals surface area contributed by atoms with Crippen LogP contribution in [0.4, 0.5) is 0 Å². The van der Waals surface area contributed by atoms with E-state index < -0.39 is 0 Å². The first-order valence-corrected chi connectivity index (χ1v) is 3.84. The molecule has 1 heterocycles. The quantitative estimate of drug-likeness (QED) is 0.566. The lowest BCUT2D eigenvalue weighted by Gasteiger charge is -2.09. The van der Waals surface area contributed by atoms with Crippen LogP contribution in [0, 0.1) is 0 Å². The van der Waals surface area contributed by atoms with Gasteiger partial charge in [0.25, 0.3) is 0 Å². The number of hydrogen-bond acceptors (Lipinski definition) is 2. The molecule has 2 heteroatoms. The molecule has 1 aliphatic heterocycles. The van der Waals surface area contributed by atoms with Gasteiger partial charge in [-0.3, -0.25) is 0 Å². The van der Waals surface area contributed by atoms with Gasteiger partial charge in [0, 0.05) is 12.1 Å². The third-order valence-corrected chi connectivity index (χ3v) is 2.01. The fourth-order valence-electron chi connectivity index (χ4n) is 1.43. The molecule has 1 aliphatic rings. The molecule has 2 N–H and O–H groups in total. The number of nitrogens with one attached hydrogen (secondary N) is 1. The van der Waals surface area contributed by atoms with Crippen LogP contribution in [0.2, 0.25) is 0 Å². The summed E-state index contributed by atoms with van der Waals surface area (Å²) in [7, 11) is 0. The Morgan fingerprint density at radius 1 is 1.50 bits per heavy atom. The maximum atomic E-state index is 8.76. The predicted molar refractivity (Wildman–Crippen MR) is 41.8 cm³/mol. The second kappa shape index (κ2) is 3.74. The van der Waals surface area contributed by atoms with Gasteiger partial charge in [-0.15, -0.1) is 6.58 Å². The summed E-state index contributed by atoms with van der Waals surface area (Å²) in [6, 6.07) is 0.902. The highest BCUT2D eigenvalue weighted by atomic mass is 16.3. The van der Waals surface area contributed by atoms with Gasteiger partial charge in [0.05, 0.1) is 6.61 Å². The van der Waals surface area contributed by atoms with Gasteiger partial charge in [0.2, 0.25) is 0 Å². The molecule has 1 fully saturated rings. The third kappa shape index (κ3) is 1.82. The predicted octanol–water partition coefficient (Wildman–Crippen LogP) is 0.675. The van der Waals surface area contributed by atoms with E-state index in [9.17, 15) is 0 Å². The minimum Gasteiger partial charge on any atom is -0.395 e. The van der Waals surface area contributed by atoms with Gasteiger partial charge in [-0.25, -0.2) is 0 Å². The summed E-state index contributed by atoms with van der Waals surface area (Å²) in [5, 5.41) is 12.1. The first-order valence-electron chi connectivity index (χ1n) is 3.84. The van der Waals surface area contributed by atoms with Gasteiger partial charge in [-0.2, -0.15) is 0 Å². The summed E-state index contributed by atoms with van der Waals surface area (Å²) in [6.45, 7) is 3.94. The molecule has 0 saturated carbocycles. The Bertz CT molecular complexity index is 114. The van der Waals surface area contributed by atoms with Crippen LogP contribution in [0.15, 0.2) is 12.7 Å². The van der Waals surface area contributed by atoms with Crippen LogP contribution < -0.4 is 5.32 Å². The van der Waals surface area contributed by atoms with Crippen LogP contribution in [0.1, 0.15) is 19.3 Å². The van der Waals surface area contributed by atoms with Crippen LogP contribution >= 0.6 is 0 Å². The average molecular weight is 141 g/mol. The molecule has 0 spiro atoms. The first kappa shape index (κ1) is 7.76. The Hall–Kier alpha value is -0.340. The van der Waals surface area contributed by atoms with E-state index in [0.29, 0.717) is 12.1 Å². The molecule has 0 aromatic carbocycles. The zero-order valence-electron chi connectivity index (χ0n) is 6.21. The Morgan fingerprint density at radius 3 is 2.70 bits per heavy atom.